The molecule has 0 unspecified atom stereocenters. The minimum atomic E-state index is -0.434. The highest BCUT2D eigenvalue weighted by molar-refractivity contribution is 6.05. The van der Waals surface area contributed by atoms with Crippen molar-refractivity contribution < 1.29 is 28.2 Å². The van der Waals surface area contributed by atoms with Gasteiger partial charge in [-0.05, 0) is 43.3 Å². The van der Waals surface area contributed by atoms with E-state index in [0.29, 0.717) is 29.9 Å². The molecule has 0 bridgehead atoms. The molecule has 0 saturated carbocycles. The third-order valence-electron chi connectivity index (χ3n) is 6.22. The SMILES string of the molecule is CO[C@H]1CN(C)C(=O)c2ccc(NC(=O)c3ccc(F)cc3)cc2OC[C@H](C)N(C(C)=O)C[C@H]1C. The Kier molecular flexibility index (Phi) is 8.45. The van der Waals surface area contributed by atoms with Gasteiger partial charge >= 0.3 is 0 Å². The molecule has 0 fully saturated rings. The Labute approximate surface area is 205 Å². The summed E-state index contributed by atoms with van der Waals surface area (Å²) in [7, 11) is 3.28. The predicted octanol–water partition coefficient (Wildman–Crippen LogP) is 3.43. The standard InChI is InChI=1S/C26H32FN3O5/c1-16-13-30(18(3)31)17(2)15-35-23-12-21(28-25(32)19-6-8-20(27)9-7-19)10-11-22(23)26(33)29(4)14-24(16)34-5/h6-12,16-17,24H,13-15H2,1-5H3,(H,28,32)/t16-,17+,24+/m1/s1. The second kappa shape index (κ2) is 11.3. The molecule has 0 saturated heterocycles. The molecule has 0 aromatic heterocycles. The number of benzene rings is 2. The van der Waals surface area contributed by atoms with Crippen LogP contribution in [0.2, 0.25) is 0 Å². The minimum absolute atomic E-state index is 0.00968. The van der Waals surface area contributed by atoms with Crippen molar-refractivity contribution in [3.8, 4) is 5.75 Å². The fourth-order valence-corrected chi connectivity index (χ4v) is 4.09. The largest absolute Gasteiger partial charge is 0.491 e. The Bertz CT molecular complexity index is 1080. The maximum absolute atomic E-state index is 13.3. The molecule has 3 amide bonds. The summed E-state index contributed by atoms with van der Waals surface area (Å²) in [6.07, 6.45) is -0.268. The van der Waals surface area contributed by atoms with E-state index in [1.165, 1.54) is 31.2 Å². The van der Waals surface area contributed by atoms with Gasteiger partial charge in [0.2, 0.25) is 5.91 Å². The van der Waals surface area contributed by atoms with Gasteiger partial charge in [-0.1, -0.05) is 6.92 Å². The minimum Gasteiger partial charge on any atom is -0.491 e. The zero-order valence-corrected chi connectivity index (χ0v) is 20.7. The van der Waals surface area contributed by atoms with Crippen LogP contribution in [0.25, 0.3) is 0 Å². The van der Waals surface area contributed by atoms with Crippen molar-refractivity contribution >= 4 is 23.4 Å². The van der Waals surface area contributed by atoms with Gasteiger partial charge in [0.05, 0.1) is 17.7 Å². The number of carbonyl (C=O) groups excluding carboxylic acids is 3. The topological polar surface area (TPSA) is 88.2 Å². The first-order chi connectivity index (χ1) is 16.6. The second-order valence-electron chi connectivity index (χ2n) is 8.94. The number of halogens is 1. The number of rotatable bonds is 3. The average Bonchev–Trinajstić information content (AvgIpc) is 2.83. The summed E-state index contributed by atoms with van der Waals surface area (Å²) >= 11 is 0. The average molecular weight is 486 g/mol. The van der Waals surface area contributed by atoms with E-state index in [-0.39, 0.29) is 42.2 Å². The lowest BCUT2D eigenvalue weighted by Gasteiger charge is -2.35. The summed E-state index contributed by atoms with van der Waals surface area (Å²) < 4.78 is 24.9. The van der Waals surface area contributed by atoms with E-state index in [4.69, 9.17) is 9.47 Å². The van der Waals surface area contributed by atoms with E-state index < -0.39 is 11.7 Å². The summed E-state index contributed by atoms with van der Waals surface area (Å²) in [6, 6.07) is 9.72. The summed E-state index contributed by atoms with van der Waals surface area (Å²) in [5.41, 5.74) is 1.04. The molecular formula is C26H32FN3O5. The number of amides is 3. The number of hydrogen-bond donors (Lipinski definition) is 1. The van der Waals surface area contributed by atoms with Crippen molar-refractivity contribution in [2.75, 3.05) is 39.2 Å². The normalized spacial score (nSPS) is 21.3. The highest BCUT2D eigenvalue weighted by Crippen LogP contribution is 2.27. The van der Waals surface area contributed by atoms with Crippen LogP contribution in [0.15, 0.2) is 42.5 Å². The molecule has 1 N–H and O–H groups in total. The van der Waals surface area contributed by atoms with Crippen LogP contribution in [0.5, 0.6) is 5.75 Å². The number of nitrogens with one attached hydrogen (secondary N) is 1. The monoisotopic (exact) mass is 485 g/mol. The highest BCUT2D eigenvalue weighted by Gasteiger charge is 2.29. The van der Waals surface area contributed by atoms with E-state index in [9.17, 15) is 18.8 Å². The van der Waals surface area contributed by atoms with Crippen LogP contribution in [-0.2, 0) is 9.53 Å². The first-order valence-electron chi connectivity index (χ1n) is 11.5. The number of hydrogen-bond acceptors (Lipinski definition) is 5. The molecule has 35 heavy (non-hydrogen) atoms. The van der Waals surface area contributed by atoms with Crippen molar-refractivity contribution in [1.29, 1.82) is 0 Å². The molecule has 0 radical (unpaired) electrons. The van der Waals surface area contributed by atoms with Crippen molar-refractivity contribution in [3.63, 3.8) is 0 Å². The zero-order valence-electron chi connectivity index (χ0n) is 20.7. The van der Waals surface area contributed by atoms with Crippen molar-refractivity contribution in [2.24, 2.45) is 5.92 Å². The van der Waals surface area contributed by atoms with Crippen LogP contribution in [-0.4, -0.2) is 73.5 Å². The van der Waals surface area contributed by atoms with Gasteiger partial charge in [-0.15, -0.1) is 0 Å². The number of ether oxygens (including phenoxy) is 2. The lowest BCUT2D eigenvalue weighted by Crippen LogP contribution is -2.48. The van der Waals surface area contributed by atoms with Gasteiger partial charge in [-0.2, -0.15) is 0 Å². The fraction of sp³-hybridized carbons (Fsp3) is 0.423. The van der Waals surface area contributed by atoms with Gasteiger partial charge in [0.25, 0.3) is 11.8 Å². The third kappa shape index (κ3) is 6.36. The number of methoxy groups -OCH3 is 1. The van der Waals surface area contributed by atoms with Crippen molar-refractivity contribution in [3.05, 3.63) is 59.4 Å². The quantitative estimate of drug-likeness (QED) is 0.720. The Morgan fingerprint density at radius 3 is 2.43 bits per heavy atom. The van der Waals surface area contributed by atoms with Crippen LogP contribution >= 0.6 is 0 Å². The Morgan fingerprint density at radius 1 is 1.11 bits per heavy atom. The van der Waals surface area contributed by atoms with Crippen LogP contribution in [0.1, 0.15) is 41.5 Å². The smallest absolute Gasteiger partial charge is 0.257 e. The Morgan fingerprint density at radius 2 is 1.80 bits per heavy atom. The van der Waals surface area contributed by atoms with Crippen molar-refractivity contribution in [2.45, 2.75) is 32.9 Å². The molecule has 0 aliphatic carbocycles. The number of nitrogens with zero attached hydrogens (tertiary/aromatic N) is 2. The molecule has 1 aliphatic rings. The Hall–Kier alpha value is -3.46. The molecular weight excluding hydrogens is 453 g/mol. The summed E-state index contributed by atoms with van der Waals surface area (Å²) in [4.78, 5) is 41.5. The molecule has 9 heteroatoms. The number of anilines is 1. The first-order valence-corrected chi connectivity index (χ1v) is 11.5. The second-order valence-corrected chi connectivity index (χ2v) is 8.94. The number of carbonyl (C=O) groups is 3. The molecule has 188 valence electrons. The molecule has 2 aromatic carbocycles. The maximum Gasteiger partial charge on any atom is 0.257 e. The van der Waals surface area contributed by atoms with Crippen LogP contribution < -0.4 is 10.1 Å². The van der Waals surface area contributed by atoms with Crippen LogP contribution in [0.3, 0.4) is 0 Å². The lowest BCUT2D eigenvalue weighted by molar-refractivity contribution is -0.133. The van der Waals surface area contributed by atoms with Crippen molar-refractivity contribution in [1.82, 2.24) is 9.80 Å². The molecule has 2 aromatic rings. The number of fused-ring (bicyclic) bond motifs is 1. The van der Waals surface area contributed by atoms with Gasteiger partial charge in [-0.25, -0.2) is 4.39 Å². The first kappa shape index (κ1) is 26.2. The van der Waals surface area contributed by atoms with Gasteiger partial charge in [-0.3, -0.25) is 14.4 Å². The van der Waals surface area contributed by atoms with Gasteiger partial charge in [0.1, 0.15) is 18.2 Å². The molecule has 3 rings (SSSR count). The van der Waals surface area contributed by atoms with E-state index in [0.717, 1.165) is 0 Å². The van der Waals surface area contributed by atoms with Crippen LogP contribution in [0.4, 0.5) is 10.1 Å². The van der Waals surface area contributed by atoms with E-state index in [2.05, 4.69) is 5.32 Å². The van der Waals surface area contributed by atoms with Gasteiger partial charge < -0.3 is 24.6 Å². The molecule has 3 atom stereocenters. The summed E-state index contributed by atoms with van der Waals surface area (Å²) in [5.74, 6) is -0.904. The third-order valence-corrected chi connectivity index (χ3v) is 6.22. The highest BCUT2D eigenvalue weighted by atomic mass is 19.1. The predicted molar refractivity (Wildman–Crippen MR) is 130 cm³/mol. The lowest BCUT2D eigenvalue weighted by atomic mass is 10.0. The molecule has 8 nitrogen and oxygen atoms in total. The maximum atomic E-state index is 13.3. The van der Waals surface area contributed by atoms with Gasteiger partial charge in [0.15, 0.2) is 0 Å². The summed E-state index contributed by atoms with van der Waals surface area (Å²) in [6.45, 7) is 6.34. The van der Waals surface area contributed by atoms with Crippen LogP contribution in [0, 0.1) is 11.7 Å². The zero-order chi connectivity index (χ0) is 25.7. The Balaban J connectivity index is 1.93. The fourth-order valence-electron chi connectivity index (χ4n) is 4.09. The van der Waals surface area contributed by atoms with Gasteiger partial charge in [0, 0.05) is 57.4 Å². The van der Waals surface area contributed by atoms with E-state index >= 15 is 0 Å². The van der Waals surface area contributed by atoms with E-state index in [1.807, 2.05) is 13.8 Å². The molecule has 0 spiro atoms. The molecule has 1 heterocycles. The molecule has 1 aliphatic heterocycles. The number of likely N-dealkylation sites (N-methyl/N-ethyl adjacent to an activating group) is 1. The summed E-state index contributed by atoms with van der Waals surface area (Å²) in [5, 5.41) is 2.75. The van der Waals surface area contributed by atoms with E-state index in [1.54, 1.807) is 42.2 Å².